The number of pyridine rings is 1. The molecule has 0 radical (unpaired) electrons. The fourth-order valence-electron chi connectivity index (χ4n) is 3.62. The molecule has 2 aliphatic rings. The van der Waals surface area contributed by atoms with Gasteiger partial charge in [-0.2, -0.15) is 0 Å². The first-order chi connectivity index (χ1) is 14.3. The van der Waals surface area contributed by atoms with Gasteiger partial charge in [-0.3, -0.25) is 9.79 Å². The van der Waals surface area contributed by atoms with Crippen molar-refractivity contribution < 1.29 is 0 Å². The maximum atomic E-state index is 12.1. The highest BCUT2D eigenvalue weighted by atomic mass is 16.1. The third-order valence-electron chi connectivity index (χ3n) is 5.10. The van der Waals surface area contributed by atoms with Crippen LogP contribution in [0.5, 0.6) is 0 Å². The normalized spacial score (nSPS) is 14.1. The minimum atomic E-state index is 0.0972. The third kappa shape index (κ3) is 3.25. The number of hydrogen-bond acceptors (Lipinski definition) is 3. The van der Waals surface area contributed by atoms with E-state index < -0.39 is 0 Å². The Hall–Kier alpha value is -3.92. The van der Waals surface area contributed by atoms with Crippen molar-refractivity contribution in [2.45, 2.75) is 0 Å². The molecule has 0 spiro atoms. The second-order valence-corrected chi connectivity index (χ2v) is 6.97. The van der Waals surface area contributed by atoms with Gasteiger partial charge in [-0.05, 0) is 36.4 Å². The summed E-state index contributed by atoms with van der Waals surface area (Å²) in [5.74, 6) is 0. The number of H-pyrrole nitrogens is 1. The first-order valence-corrected chi connectivity index (χ1v) is 9.57. The van der Waals surface area contributed by atoms with Gasteiger partial charge in [0.15, 0.2) is 5.43 Å². The quantitative estimate of drug-likeness (QED) is 0.477. The highest BCUT2D eigenvalue weighted by molar-refractivity contribution is 5.92. The molecule has 3 aromatic carbocycles. The Morgan fingerprint density at radius 2 is 1.48 bits per heavy atom. The number of rotatable bonds is 0. The number of para-hydroxylation sites is 3. The van der Waals surface area contributed by atoms with E-state index in [1.807, 2.05) is 72.9 Å². The summed E-state index contributed by atoms with van der Waals surface area (Å²) in [6, 6.07) is 23.3. The molecule has 4 nitrogen and oxygen atoms in total. The summed E-state index contributed by atoms with van der Waals surface area (Å²) in [6.45, 7) is 0.954. The molecule has 0 fully saturated rings. The van der Waals surface area contributed by atoms with E-state index >= 15 is 0 Å². The molecule has 3 heterocycles. The molecule has 0 atom stereocenters. The molecule has 0 aliphatic carbocycles. The fourth-order valence-corrected chi connectivity index (χ4v) is 3.62. The smallest absolute Gasteiger partial charge is 0.197 e. The molecule has 4 aromatic rings. The summed E-state index contributed by atoms with van der Waals surface area (Å²) >= 11 is 0. The zero-order valence-corrected chi connectivity index (χ0v) is 15.7. The van der Waals surface area contributed by atoms with Crippen LogP contribution in [0.3, 0.4) is 0 Å². The number of aromatic nitrogens is 1. The molecule has 0 unspecified atom stereocenters. The van der Waals surface area contributed by atoms with Gasteiger partial charge in [-0.25, -0.2) is 0 Å². The summed E-state index contributed by atoms with van der Waals surface area (Å²) in [5.41, 5.74) is 3.04. The minimum absolute atomic E-state index is 0.0972. The number of nitrogens with zero attached hydrogens (tertiary/aromatic N) is 2. The Morgan fingerprint density at radius 3 is 2.24 bits per heavy atom. The number of allylic oxidation sites excluding steroid dienone is 1. The molecule has 29 heavy (non-hydrogen) atoms. The number of hydrogen-bond donors (Lipinski definition) is 1. The molecule has 0 saturated heterocycles. The lowest BCUT2D eigenvalue weighted by molar-refractivity contribution is 0.604. The lowest BCUT2D eigenvalue weighted by Crippen LogP contribution is -2.26. The van der Waals surface area contributed by atoms with E-state index in [1.54, 1.807) is 0 Å². The van der Waals surface area contributed by atoms with Gasteiger partial charge in [0, 0.05) is 39.8 Å². The topological polar surface area (TPSA) is 48.5 Å². The van der Waals surface area contributed by atoms with Crippen LogP contribution in [-0.4, -0.2) is 16.4 Å². The van der Waals surface area contributed by atoms with Crippen molar-refractivity contribution in [3.63, 3.8) is 0 Å². The summed E-state index contributed by atoms with van der Waals surface area (Å²) in [5, 5.41) is 3.72. The van der Waals surface area contributed by atoms with Crippen LogP contribution < -0.4 is 16.0 Å². The Kier molecular flexibility index (Phi) is 4.30. The maximum Gasteiger partial charge on any atom is 0.197 e. The van der Waals surface area contributed by atoms with Crippen LogP contribution in [0.15, 0.2) is 107 Å². The zero-order chi connectivity index (χ0) is 19.6. The largest absolute Gasteiger partial charge is 0.354 e. The second-order valence-electron chi connectivity index (χ2n) is 6.97. The average Bonchev–Trinajstić information content (AvgIpc) is 3.13. The van der Waals surface area contributed by atoms with Crippen molar-refractivity contribution in [2.24, 2.45) is 4.99 Å². The SMILES string of the molecule is C1=CC2=CN=c3ccccc3=CN2C1.O=c1c2ccccc2[nH]c2ccccc12. The Morgan fingerprint density at radius 1 is 0.828 bits per heavy atom. The van der Waals surface area contributed by atoms with E-state index in [2.05, 4.69) is 39.3 Å². The first-order valence-electron chi connectivity index (χ1n) is 9.57. The number of aromatic amines is 1. The van der Waals surface area contributed by atoms with E-state index in [1.165, 1.54) is 10.9 Å². The second kappa shape index (κ2) is 7.24. The number of fused-ring (bicyclic) bond motifs is 4. The summed E-state index contributed by atoms with van der Waals surface area (Å²) in [6.07, 6.45) is 8.32. The van der Waals surface area contributed by atoms with Crippen LogP contribution in [0.25, 0.3) is 28.0 Å². The highest BCUT2D eigenvalue weighted by Crippen LogP contribution is 2.14. The predicted molar refractivity (Wildman–Crippen MR) is 118 cm³/mol. The van der Waals surface area contributed by atoms with Crippen LogP contribution in [0.2, 0.25) is 0 Å². The van der Waals surface area contributed by atoms with Crippen molar-refractivity contribution >= 4 is 28.0 Å². The van der Waals surface area contributed by atoms with Crippen LogP contribution in [0.4, 0.5) is 0 Å². The summed E-state index contributed by atoms with van der Waals surface area (Å²) < 4.78 is 0. The highest BCUT2D eigenvalue weighted by Gasteiger charge is 2.09. The van der Waals surface area contributed by atoms with E-state index in [4.69, 9.17) is 0 Å². The number of benzene rings is 3. The van der Waals surface area contributed by atoms with Crippen molar-refractivity contribution in [1.29, 1.82) is 0 Å². The third-order valence-corrected chi connectivity index (χ3v) is 5.10. The van der Waals surface area contributed by atoms with Gasteiger partial charge < -0.3 is 9.88 Å². The van der Waals surface area contributed by atoms with E-state index in [0.29, 0.717) is 0 Å². The van der Waals surface area contributed by atoms with E-state index in [0.717, 1.165) is 33.7 Å². The van der Waals surface area contributed by atoms with Gasteiger partial charge in [0.1, 0.15) is 0 Å². The Bertz CT molecular complexity index is 1400. The van der Waals surface area contributed by atoms with Gasteiger partial charge in [-0.15, -0.1) is 0 Å². The van der Waals surface area contributed by atoms with Gasteiger partial charge in [0.2, 0.25) is 0 Å². The van der Waals surface area contributed by atoms with Crippen LogP contribution in [0.1, 0.15) is 0 Å². The number of nitrogens with one attached hydrogen (secondary N) is 1. The van der Waals surface area contributed by atoms with Gasteiger partial charge in [0.25, 0.3) is 0 Å². The van der Waals surface area contributed by atoms with Gasteiger partial charge >= 0.3 is 0 Å². The molecule has 2 aliphatic heterocycles. The molecule has 1 N–H and O–H groups in total. The van der Waals surface area contributed by atoms with Gasteiger partial charge in [0.05, 0.1) is 17.3 Å². The molecule has 0 bridgehead atoms. The zero-order valence-electron chi connectivity index (χ0n) is 15.7. The molecular formula is C25H19N3O. The Balaban J connectivity index is 0.000000125. The molecule has 1 aromatic heterocycles. The van der Waals surface area contributed by atoms with E-state index in [-0.39, 0.29) is 5.43 Å². The average molecular weight is 377 g/mol. The molecule has 0 saturated carbocycles. The van der Waals surface area contributed by atoms with Crippen molar-refractivity contribution in [1.82, 2.24) is 9.88 Å². The van der Waals surface area contributed by atoms with Crippen molar-refractivity contribution in [3.05, 3.63) is 118 Å². The van der Waals surface area contributed by atoms with Crippen molar-refractivity contribution in [3.8, 4) is 0 Å². The van der Waals surface area contributed by atoms with Crippen molar-refractivity contribution in [2.75, 3.05) is 6.54 Å². The molecule has 6 rings (SSSR count). The Labute approximate surface area is 167 Å². The summed E-state index contributed by atoms with van der Waals surface area (Å²) in [4.78, 5) is 22.0. The molecular weight excluding hydrogens is 358 g/mol. The molecule has 0 amide bonds. The van der Waals surface area contributed by atoms with E-state index in [9.17, 15) is 4.79 Å². The summed E-state index contributed by atoms with van der Waals surface area (Å²) in [7, 11) is 0. The minimum Gasteiger partial charge on any atom is -0.354 e. The predicted octanol–water partition coefficient (Wildman–Crippen LogP) is 3.45. The van der Waals surface area contributed by atoms with Crippen LogP contribution in [-0.2, 0) is 0 Å². The monoisotopic (exact) mass is 377 g/mol. The van der Waals surface area contributed by atoms with Gasteiger partial charge in [-0.1, -0.05) is 48.5 Å². The maximum absolute atomic E-state index is 12.1. The molecule has 140 valence electrons. The fraction of sp³-hybridized carbons (Fsp3) is 0.0400. The van der Waals surface area contributed by atoms with Crippen LogP contribution >= 0.6 is 0 Å². The first kappa shape index (κ1) is 17.2. The lowest BCUT2D eigenvalue weighted by Gasteiger charge is -2.11. The lowest BCUT2D eigenvalue weighted by atomic mass is 10.1. The van der Waals surface area contributed by atoms with Crippen LogP contribution in [0, 0.1) is 0 Å². The molecule has 4 heteroatoms. The standard InChI is InChI=1S/C13H9NO.C12H10N2/c15-13-9-5-1-3-7-11(9)14-12-8-4-2-6-10(12)13;1-2-6-12-10(4-1)9-14-7-3-5-11(14)8-13-12/h1-8H,(H,14,15);1-6,8-9H,7H2.